The van der Waals surface area contributed by atoms with Gasteiger partial charge in [-0.3, -0.25) is 4.79 Å². The molecule has 0 bridgehead atoms. The van der Waals surface area contributed by atoms with Crippen molar-refractivity contribution in [2.24, 2.45) is 0 Å². The minimum atomic E-state index is -2.37. The van der Waals surface area contributed by atoms with Crippen LogP contribution in [-0.4, -0.2) is 18.8 Å². The molecule has 0 fully saturated rings. The highest BCUT2D eigenvalue weighted by molar-refractivity contribution is 5.96. The van der Waals surface area contributed by atoms with Gasteiger partial charge in [0, 0.05) is 17.7 Å². The smallest absolute Gasteiger partial charge is 0.255 e. The van der Waals surface area contributed by atoms with Gasteiger partial charge in [-0.1, -0.05) is 6.92 Å². The molecule has 0 saturated carbocycles. The molecule has 4 heteroatoms. The zero-order chi connectivity index (χ0) is 11.3. The van der Waals surface area contributed by atoms with E-state index >= 15 is 0 Å². The first-order chi connectivity index (χ1) is 7.13. The van der Waals surface area contributed by atoms with Gasteiger partial charge in [0.15, 0.2) is 5.78 Å². The standard InChI is InChI=1S/C11H13F2NO/c1-2-10(15)8-3-5-9(6-4-8)14-7-11(12)13/h3-6,11,14H,2,7H2,1H3. The lowest BCUT2D eigenvalue weighted by Gasteiger charge is -2.05. The number of anilines is 1. The second kappa shape index (κ2) is 5.44. The fourth-order valence-electron chi connectivity index (χ4n) is 1.17. The lowest BCUT2D eigenvalue weighted by atomic mass is 10.1. The number of carbonyl (C=O) groups is 1. The van der Waals surface area contributed by atoms with Gasteiger partial charge in [0.1, 0.15) is 0 Å². The first-order valence-corrected chi connectivity index (χ1v) is 4.78. The van der Waals surface area contributed by atoms with Gasteiger partial charge in [-0.2, -0.15) is 0 Å². The van der Waals surface area contributed by atoms with Crippen molar-refractivity contribution in [2.45, 2.75) is 19.8 Å². The molecule has 0 radical (unpaired) electrons. The summed E-state index contributed by atoms with van der Waals surface area (Å²) >= 11 is 0. The summed E-state index contributed by atoms with van der Waals surface area (Å²) < 4.78 is 23.7. The van der Waals surface area contributed by atoms with Gasteiger partial charge in [-0.15, -0.1) is 0 Å². The Labute approximate surface area is 87.3 Å². The van der Waals surface area contributed by atoms with Crippen LogP contribution in [0.25, 0.3) is 0 Å². The molecule has 0 amide bonds. The average Bonchev–Trinajstić information content (AvgIpc) is 2.26. The van der Waals surface area contributed by atoms with E-state index in [4.69, 9.17) is 0 Å². The fourth-order valence-corrected chi connectivity index (χ4v) is 1.17. The zero-order valence-corrected chi connectivity index (χ0v) is 8.47. The molecular formula is C11H13F2NO. The van der Waals surface area contributed by atoms with Gasteiger partial charge < -0.3 is 5.32 Å². The summed E-state index contributed by atoms with van der Waals surface area (Å²) in [5, 5.41) is 2.57. The van der Waals surface area contributed by atoms with Crippen LogP contribution in [-0.2, 0) is 0 Å². The third-order valence-corrected chi connectivity index (χ3v) is 1.99. The summed E-state index contributed by atoms with van der Waals surface area (Å²) in [5.41, 5.74) is 1.21. The molecule has 0 unspecified atom stereocenters. The first-order valence-electron chi connectivity index (χ1n) is 4.78. The van der Waals surface area contributed by atoms with E-state index in [1.807, 2.05) is 0 Å². The molecule has 82 valence electrons. The van der Waals surface area contributed by atoms with Crippen molar-refractivity contribution in [3.63, 3.8) is 0 Å². The van der Waals surface area contributed by atoms with Crippen LogP contribution in [0.2, 0.25) is 0 Å². The second-order valence-corrected chi connectivity index (χ2v) is 3.13. The molecule has 1 aromatic rings. The number of halogens is 2. The summed E-state index contributed by atoms with van der Waals surface area (Å²) in [4.78, 5) is 11.3. The van der Waals surface area contributed by atoms with E-state index in [2.05, 4.69) is 5.32 Å². The highest BCUT2D eigenvalue weighted by Gasteiger charge is 2.04. The SMILES string of the molecule is CCC(=O)c1ccc(NCC(F)F)cc1. The summed E-state index contributed by atoms with van der Waals surface area (Å²) in [6, 6.07) is 6.54. The fraction of sp³-hybridized carbons (Fsp3) is 0.364. The third-order valence-electron chi connectivity index (χ3n) is 1.99. The van der Waals surface area contributed by atoms with Crippen molar-refractivity contribution in [1.82, 2.24) is 0 Å². The monoisotopic (exact) mass is 213 g/mol. The summed E-state index contributed by atoms with van der Waals surface area (Å²) in [6.45, 7) is 1.41. The van der Waals surface area contributed by atoms with E-state index < -0.39 is 6.43 Å². The number of benzene rings is 1. The van der Waals surface area contributed by atoms with E-state index in [0.29, 0.717) is 17.7 Å². The predicted molar refractivity (Wildman–Crippen MR) is 55.6 cm³/mol. The van der Waals surface area contributed by atoms with E-state index in [0.717, 1.165) is 0 Å². The number of Topliss-reactive ketones (excluding diaryl/α,β-unsaturated/α-hetero) is 1. The van der Waals surface area contributed by atoms with Crippen LogP contribution >= 0.6 is 0 Å². The molecule has 1 N–H and O–H groups in total. The highest BCUT2D eigenvalue weighted by atomic mass is 19.3. The second-order valence-electron chi connectivity index (χ2n) is 3.13. The number of alkyl halides is 2. The molecule has 2 nitrogen and oxygen atoms in total. The normalized spacial score (nSPS) is 10.4. The van der Waals surface area contributed by atoms with E-state index in [-0.39, 0.29) is 12.3 Å². The maximum absolute atomic E-state index is 11.9. The predicted octanol–water partition coefficient (Wildman–Crippen LogP) is 2.96. The molecule has 0 heterocycles. The largest absolute Gasteiger partial charge is 0.379 e. The Morgan fingerprint density at radius 3 is 2.40 bits per heavy atom. The summed E-state index contributed by atoms with van der Waals surface area (Å²) in [6.07, 6.45) is -1.92. The van der Waals surface area contributed by atoms with Crippen LogP contribution in [0.1, 0.15) is 23.7 Å². The molecular weight excluding hydrogens is 200 g/mol. The molecule has 0 aliphatic carbocycles. The number of rotatable bonds is 5. The molecule has 0 aliphatic heterocycles. The first kappa shape index (κ1) is 11.6. The van der Waals surface area contributed by atoms with Crippen molar-refractivity contribution in [3.05, 3.63) is 29.8 Å². The molecule has 0 aliphatic rings. The third kappa shape index (κ3) is 3.65. The Morgan fingerprint density at radius 2 is 1.93 bits per heavy atom. The average molecular weight is 213 g/mol. The minimum Gasteiger partial charge on any atom is -0.379 e. The van der Waals surface area contributed by atoms with Crippen LogP contribution in [0, 0.1) is 0 Å². The van der Waals surface area contributed by atoms with Crippen molar-refractivity contribution in [1.29, 1.82) is 0 Å². The van der Waals surface area contributed by atoms with Gasteiger partial charge in [0.05, 0.1) is 6.54 Å². The number of hydrogen-bond donors (Lipinski definition) is 1. The molecule has 0 aromatic heterocycles. The van der Waals surface area contributed by atoms with Crippen LogP contribution in [0.3, 0.4) is 0 Å². The highest BCUT2D eigenvalue weighted by Crippen LogP contribution is 2.11. The van der Waals surface area contributed by atoms with Gasteiger partial charge in [-0.05, 0) is 24.3 Å². The topological polar surface area (TPSA) is 29.1 Å². The molecule has 0 spiro atoms. The Kier molecular flexibility index (Phi) is 4.21. The van der Waals surface area contributed by atoms with Crippen molar-refractivity contribution in [2.75, 3.05) is 11.9 Å². The van der Waals surface area contributed by atoms with Crippen molar-refractivity contribution < 1.29 is 13.6 Å². The molecule has 0 atom stereocenters. The number of ketones is 1. The number of hydrogen-bond acceptors (Lipinski definition) is 2. The Balaban J connectivity index is 2.60. The zero-order valence-electron chi connectivity index (χ0n) is 8.47. The summed E-state index contributed by atoms with van der Waals surface area (Å²) in [7, 11) is 0. The lowest BCUT2D eigenvalue weighted by Crippen LogP contribution is -2.10. The minimum absolute atomic E-state index is 0.0513. The number of carbonyl (C=O) groups excluding carboxylic acids is 1. The van der Waals surface area contributed by atoms with Gasteiger partial charge >= 0.3 is 0 Å². The van der Waals surface area contributed by atoms with Gasteiger partial charge in [0.25, 0.3) is 6.43 Å². The van der Waals surface area contributed by atoms with Gasteiger partial charge in [0.2, 0.25) is 0 Å². The Bertz CT molecular complexity index is 322. The Morgan fingerprint density at radius 1 is 1.33 bits per heavy atom. The number of nitrogens with one attached hydrogen (secondary N) is 1. The van der Waals surface area contributed by atoms with E-state index in [9.17, 15) is 13.6 Å². The van der Waals surface area contributed by atoms with E-state index in [1.165, 1.54) is 0 Å². The molecule has 1 rings (SSSR count). The van der Waals surface area contributed by atoms with Gasteiger partial charge in [-0.25, -0.2) is 8.78 Å². The van der Waals surface area contributed by atoms with Crippen LogP contribution in [0.5, 0.6) is 0 Å². The maximum atomic E-state index is 11.9. The van der Waals surface area contributed by atoms with Crippen LogP contribution < -0.4 is 5.32 Å². The maximum Gasteiger partial charge on any atom is 0.255 e. The Hall–Kier alpha value is -1.45. The van der Waals surface area contributed by atoms with Crippen LogP contribution in [0.4, 0.5) is 14.5 Å². The molecule has 1 aromatic carbocycles. The molecule has 15 heavy (non-hydrogen) atoms. The quantitative estimate of drug-likeness (QED) is 0.762. The van der Waals surface area contributed by atoms with Crippen molar-refractivity contribution in [3.8, 4) is 0 Å². The molecule has 0 saturated heterocycles. The van der Waals surface area contributed by atoms with Crippen molar-refractivity contribution >= 4 is 11.5 Å². The van der Waals surface area contributed by atoms with Crippen LogP contribution in [0.15, 0.2) is 24.3 Å². The lowest BCUT2D eigenvalue weighted by molar-refractivity contribution is 0.0988. The van der Waals surface area contributed by atoms with E-state index in [1.54, 1.807) is 31.2 Å². The summed E-state index contributed by atoms with van der Waals surface area (Å²) in [5.74, 6) is 0.0513.